The highest BCUT2D eigenvalue weighted by atomic mass is 79.9. The van der Waals surface area contributed by atoms with Gasteiger partial charge in [-0.2, -0.15) is 0 Å². The van der Waals surface area contributed by atoms with E-state index in [9.17, 15) is 18.0 Å². The number of hydrogen-bond donors (Lipinski definition) is 0. The standard InChI is InChI=1S/C13H9BrF3NO2S/c14-12-18-7-3-6(15)9(4-11(7)21-12)20-10-5-13(16,17)2-1-8(10)19/h3-4,10H,1-2,5H2. The monoisotopic (exact) mass is 379 g/mol. The van der Waals surface area contributed by atoms with Crippen molar-refractivity contribution in [3.63, 3.8) is 0 Å². The molecule has 0 radical (unpaired) electrons. The maximum absolute atomic E-state index is 13.9. The lowest BCUT2D eigenvalue weighted by atomic mass is 9.93. The molecule has 3 rings (SSSR count). The van der Waals surface area contributed by atoms with Crippen molar-refractivity contribution in [3.05, 3.63) is 21.9 Å². The van der Waals surface area contributed by atoms with E-state index in [4.69, 9.17) is 4.74 Å². The summed E-state index contributed by atoms with van der Waals surface area (Å²) < 4.78 is 47.1. The van der Waals surface area contributed by atoms with Gasteiger partial charge in [0.05, 0.1) is 16.6 Å². The number of carbonyl (C=O) groups excluding carboxylic acids is 1. The van der Waals surface area contributed by atoms with E-state index >= 15 is 0 Å². The maximum Gasteiger partial charge on any atom is 0.252 e. The molecule has 1 heterocycles. The van der Waals surface area contributed by atoms with Gasteiger partial charge in [-0.25, -0.2) is 18.2 Å². The summed E-state index contributed by atoms with van der Waals surface area (Å²) in [5, 5.41) is 0. The minimum atomic E-state index is -2.95. The lowest BCUT2D eigenvalue weighted by Crippen LogP contribution is -2.40. The molecule has 1 aromatic heterocycles. The largest absolute Gasteiger partial charge is 0.479 e. The molecule has 2 aromatic rings. The van der Waals surface area contributed by atoms with Crippen LogP contribution in [0.25, 0.3) is 10.2 Å². The summed E-state index contributed by atoms with van der Waals surface area (Å²) in [5.41, 5.74) is 0.442. The molecular formula is C13H9BrF3NO2S. The smallest absolute Gasteiger partial charge is 0.252 e. The number of fused-ring (bicyclic) bond motifs is 1. The highest BCUT2D eigenvalue weighted by molar-refractivity contribution is 9.11. The van der Waals surface area contributed by atoms with E-state index in [2.05, 4.69) is 20.9 Å². The molecule has 1 aromatic carbocycles. The average molecular weight is 380 g/mol. The second-order valence-electron chi connectivity index (χ2n) is 4.85. The van der Waals surface area contributed by atoms with Gasteiger partial charge >= 0.3 is 0 Å². The van der Waals surface area contributed by atoms with E-state index in [-0.39, 0.29) is 12.2 Å². The van der Waals surface area contributed by atoms with E-state index in [1.54, 1.807) is 0 Å². The van der Waals surface area contributed by atoms with E-state index in [0.717, 1.165) is 6.07 Å². The van der Waals surface area contributed by atoms with Crippen LogP contribution in [0.4, 0.5) is 13.2 Å². The molecule has 0 N–H and O–H groups in total. The number of carbonyl (C=O) groups is 1. The van der Waals surface area contributed by atoms with Crippen LogP contribution < -0.4 is 4.74 Å². The molecule has 0 aliphatic heterocycles. The van der Waals surface area contributed by atoms with Crippen LogP contribution in [-0.4, -0.2) is 22.8 Å². The van der Waals surface area contributed by atoms with Crippen molar-refractivity contribution < 1.29 is 22.7 Å². The molecule has 0 amide bonds. The fourth-order valence-electron chi connectivity index (χ4n) is 2.21. The molecule has 8 heteroatoms. The lowest BCUT2D eigenvalue weighted by Gasteiger charge is -2.28. The van der Waals surface area contributed by atoms with Gasteiger partial charge in [-0.3, -0.25) is 4.79 Å². The molecule has 1 fully saturated rings. The molecule has 0 spiro atoms. The molecule has 0 bridgehead atoms. The van der Waals surface area contributed by atoms with Crippen molar-refractivity contribution in [1.82, 2.24) is 4.98 Å². The first-order valence-electron chi connectivity index (χ1n) is 6.17. The quantitative estimate of drug-likeness (QED) is 0.779. The van der Waals surface area contributed by atoms with E-state index in [0.29, 0.717) is 14.1 Å². The third-order valence-electron chi connectivity index (χ3n) is 3.27. The Bertz CT molecular complexity index is 719. The first-order chi connectivity index (χ1) is 9.84. The first-order valence-corrected chi connectivity index (χ1v) is 7.78. The van der Waals surface area contributed by atoms with Gasteiger partial charge in [0.15, 0.2) is 27.4 Å². The van der Waals surface area contributed by atoms with Gasteiger partial charge < -0.3 is 4.74 Å². The molecule has 0 saturated heterocycles. The van der Waals surface area contributed by atoms with Crippen molar-refractivity contribution in [2.45, 2.75) is 31.3 Å². The third-order valence-corrected chi connectivity index (χ3v) is 4.74. The second kappa shape index (κ2) is 5.24. The number of benzene rings is 1. The average Bonchev–Trinajstić information content (AvgIpc) is 2.73. The van der Waals surface area contributed by atoms with Crippen LogP contribution in [-0.2, 0) is 4.79 Å². The van der Waals surface area contributed by atoms with Crippen LogP contribution in [0.3, 0.4) is 0 Å². The molecular weight excluding hydrogens is 371 g/mol. The zero-order valence-corrected chi connectivity index (χ0v) is 12.9. The zero-order chi connectivity index (χ0) is 15.2. The summed E-state index contributed by atoms with van der Waals surface area (Å²) in [7, 11) is 0. The van der Waals surface area contributed by atoms with Gasteiger partial charge in [-0.1, -0.05) is 0 Å². The predicted octanol–water partition coefficient (Wildman–Crippen LogP) is 4.33. The number of ketones is 1. The Labute approximate surface area is 130 Å². The number of rotatable bonds is 2. The van der Waals surface area contributed by atoms with Crippen LogP contribution in [0, 0.1) is 5.82 Å². The number of alkyl halides is 2. The van der Waals surface area contributed by atoms with Gasteiger partial charge in [-0.15, -0.1) is 11.3 Å². The normalized spacial score (nSPS) is 21.7. The van der Waals surface area contributed by atoms with Gasteiger partial charge in [0.2, 0.25) is 0 Å². The fraction of sp³-hybridized carbons (Fsp3) is 0.385. The third kappa shape index (κ3) is 3.06. The number of hydrogen-bond acceptors (Lipinski definition) is 4. The molecule has 1 unspecified atom stereocenters. The van der Waals surface area contributed by atoms with Crippen molar-refractivity contribution in [2.75, 3.05) is 0 Å². The SMILES string of the molecule is O=C1CCC(F)(F)CC1Oc1cc2sc(Br)nc2cc1F. The molecule has 1 aliphatic carbocycles. The van der Waals surface area contributed by atoms with Crippen LogP contribution in [0.1, 0.15) is 19.3 Å². The minimum absolute atomic E-state index is 0.199. The van der Waals surface area contributed by atoms with Crippen LogP contribution >= 0.6 is 27.3 Å². The highest BCUT2D eigenvalue weighted by Crippen LogP contribution is 2.36. The zero-order valence-electron chi connectivity index (χ0n) is 10.5. The Hall–Kier alpha value is -1.15. The van der Waals surface area contributed by atoms with Gasteiger partial charge in [0, 0.05) is 25.0 Å². The molecule has 21 heavy (non-hydrogen) atoms. The topological polar surface area (TPSA) is 39.2 Å². The number of halogens is 4. The van der Waals surface area contributed by atoms with Gasteiger partial charge in [-0.05, 0) is 15.9 Å². The summed E-state index contributed by atoms with van der Waals surface area (Å²) in [6.07, 6.45) is -2.75. The molecule has 112 valence electrons. The Kier molecular flexibility index (Phi) is 3.69. The van der Waals surface area contributed by atoms with Crippen LogP contribution in [0.15, 0.2) is 16.0 Å². The summed E-state index contributed by atoms with van der Waals surface area (Å²) >= 11 is 4.45. The van der Waals surface area contributed by atoms with E-state index in [1.807, 2.05) is 0 Å². The number of thiazole rings is 1. The molecule has 1 aliphatic rings. The number of Topliss-reactive ketones (excluding diaryl/α,β-unsaturated/α-hetero) is 1. The van der Waals surface area contributed by atoms with Crippen molar-refractivity contribution in [1.29, 1.82) is 0 Å². The summed E-state index contributed by atoms with van der Waals surface area (Å²) in [5.74, 6) is -4.30. The maximum atomic E-state index is 13.9. The fourth-order valence-corrected chi connectivity index (χ4v) is 3.62. The number of ether oxygens (including phenoxy) is 1. The van der Waals surface area contributed by atoms with Gasteiger partial charge in [0.25, 0.3) is 5.92 Å². The lowest BCUT2D eigenvalue weighted by molar-refractivity contribution is -0.140. The van der Waals surface area contributed by atoms with Crippen molar-refractivity contribution in [3.8, 4) is 5.75 Å². The number of nitrogens with zero attached hydrogens (tertiary/aromatic N) is 1. The molecule has 3 nitrogen and oxygen atoms in total. The Morgan fingerprint density at radius 1 is 1.43 bits per heavy atom. The highest BCUT2D eigenvalue weighted by Gasteiger charge is 2.42. The molecule has 1 saturated carbocycles. The summed E-state index contributed by atoms with van der Waals surface area (Å²) in [4.78, 5) is 15.7. The Morgan fingerprint density at radius 3 is 2.95 bits per heavy atom. The van der Waals surface area contributed by atoms with Gasteiger partial charge in [0.1, 0.15) is 0 Å². The Morgan fingerprint density at radius 2 is 2.19 bits per heavy atom. The van der Waals surface area contributed by atoms with Crippen LogP contribution in [0.2, 0.25) is 0 Å². The number of aromatic nitrogens is 1. The minimum Gasteiger partial charge on any atom is -0.479 e. The summed E-state index contributed by atoms with van der Waals surface area (Å²) in [6.45, 7) is 0. The first kappa shape index (κ1) is 14.8. The predicted molar refractivity (Wildman–Crippen MR) is 75.5 cm³/mol. The summed E-state index contributed by atoms with van der Waals surface area (Å²) in [6, 6.07) is 2.55. The second-order valence-corrected chi connectivity index (χ2v) is 7.16. The van der Waals surface area contributed by atoms with E-state index < -0.39 is 36.5 Å². The Balaban J connectivity index is 1.89. The van der Waals surface area contributed by atoms with Crippen molar-refractivity contribution >= 4 is 43.3 Å². The van der Waals surface area contributed by atoms with E-state index in [1.165, 1.54) is 17.4 Å². The molecule has 1 atom stereocenters. The van der Waals surface area contributed by atoms with Crippen molar-refractivity contribution in [2.24, 2.45) is 0 Å². The van der Waals surface area contributed by atoms with Crippen LogP contribution in [0.5, 0.6) is 5.75 Å².